The summed E-state index contributed by atoms with van der Waals surface area (Å²) < 4.78 is 5.64. The predicted molar refractivity (Wildman–Crippen MR) is 87.7 cm³/mol. The van der Waals surface area contributed by atoms with E-state index in [0.717, 1.165) is 6.42 Å². The van der Waals surface area contributed by atoms with E-state index < -0.39 is 10.4 Å². The minimum absolute atomic E-state index is 0.0439. The highest BCUT2D eigenvalue weighted by Crippen LogP contribution is 2.36. The minimum Gasteiger partial charge on any atom is -0.471 e. The van der Waals surface area contributed by atoms with Gasteiger partial charge in [-0.25, -0.2) is 0 Å². The molecule has 1 rings (SSSR count). The number of rotatable bonds is 5. The van der Waals surface area contributed by atoms with Gasteiger partial charge in [-0.1, -0.05) is 46.2 Å². The fraction of sp³-hybridized carbons (Fsp3) is 0.562. The first-order chi connectivity index (χ1) is 9.01. The summed E-state index contributed by atoms with van der Waals surface area (Å²) in [7, 11) is 0. The number of hydrogen-bond acceptors (Lipinski definition) is 2. The largest absolute Gasteiger partial charge is 0.471 e. The van der Waals surface area contributed by atoms with Gasteiger partial charge in [0.1, 0.15) is 5.75 Å². The van der Waals surface area contributed by atoms with Gasteiger partial charge in [-0.3, -0.25) is 4.79 Å². The molecule has 0 fully saturated rings. The lowest BCUT2D eigenvalue weighted by Gasteiger charge is -2.32. The minimum atomic E-state index is -0.652. The standard InChI is InChI=1S/C16H22BrClO2/c1-15(2,3)10-16(4,5)13(19)14(17)20-12-8-6-11(18)7-9-12/h6-9,14H,10H2,1-5H3. The third-order valence-electron chi connectivity index (χ3n) is 2.90. The maximum absolute atomic E-state index is 12.5. The molecule has 0 radical (unpaired) electrons. The molecule has 0 N–H and O–H groups in total. The van der Waals surface area contributed by atoms with Gasteiger partial charge in [0.2, 0.25) is 5.01 Å². The first-order valence-corrected chi connectivity index (χ1v) is 7.91. The molecule has 2 nitrogen and oxygen atoms in total. The van der Waals surface area contributed by atoms with Gasteiger partial charge < -0.3 is 4.74 Å². The second-order valence-electron chi connectivity index (χ2n) is 6.87. The Morgan fingerprint density at radius 3 is 2.15 bits per heavy atom. The first kappa shape index (κ1) is 17.5. The van der Waals surface area contributed by atoms with Gasteiger partial charge in [-0.05, 0) is 52.0 Å². The molecule has 0 aromatic heterocycles. The summed E-state index contributed by atoms with van der Waals surface area (Å²) in [6.45, 7) is 10.3. The van der Waals surface area contributed by atoms with Gasteiger partial charge in [0.25, 0.3) is 0 Å². The summed E-state index contributed by atoms with van der Waals surface area (Å²) in [4.78, 5) is 12.5. The Balaban J connectivity index is 2.73. The SMILES string of the molecule is CC(C)(C)CC(C)(C)C(=O)C(Br)Oc1ccc(Cl)cc1. The van der Waals surface area contributed by atoms with Crippen LogP contribution in [0.3, 0.4) is 0 Å². The van der Waals surface area contributed by atoms with Gasteiger partial charge in [0.05, 0.1) is 0 Å². The molecule has 1 atom stereocenters. The van der Waals surface area contributed by atoms with Crippen molar-refractivity contribution in [1.29, 1.82) is 0 Å². The third kappa shape index (κ3) is 5.45. The molecule has 0 bridgehead atoms. The van der Waals surface area contributed by atoms with Gasteiger partial charge in [-0.15, -0.1) is 0 Å². The van der Waals surface area contributed by atoms with E-state index in [1.54, 1.807) is 24.3 Å². The topological polar surface area (TPSA) is 26.3 Å². The zero-order valence-electron chi connectivity index (χ0n) is 12.7. The molecule has 0 amide bonds. The van der Waals surface area contributed by atoms with Crippen LogP contribution in [0.25, 0.3) is 0 Å². The van der Waals surface area contributed by atoms with Crippen molar-refractivity contribution in [2.24, 2.45) is 10.8 Å². The summed E-state index contributed by atoms with van der Waals surface area (Å²) in [6.07, 6.45) is 0.797. The van der Waals surface area contributed by atoms with E-state index in [2.05, 4.69) is 36.7 Å². The Morgan fingerprint density at radius 2 is 1.70 bits per heavy atom. The van der Waals surface area contributed by atoms with E-state index in [0.29, 0.717) is 10.8 Å². The molecule has 112 valence electrons. The third-order valence-corrected chi connectivity index (χ3v) is 3.75. The quantitative estimate of drug-likeness (QED) is 0.650. The monoisotopic (exact) mass is 360 g/mol. The van der Waals surface area contributed by atoms with Crippen LogP contribution in [0.2, 0.25) is 5.02 Å². The van der Waals surface area contributed by atoms with Crippen molar-refractivity contribution in [3.05, 3.63) is 29.3 Å². The highest BCUT2D eigenvalue weighted by molar-refractivity contribution is 9.09. The summed E-state index contributed by atoms with van der Waals surface area (Å²) in [5.41, 5.74) is -0.356. The maximum Gasteiger partial charge on any atom is 0.211 e. The maximum atomic E-state index is 12.5. The molecule has 0 spiro atoms. The zero-order valence-corrected chi connectivity index (χ0v) is 15.0. The van der Waals surface area contributed by atoms with Crippen LogP contribution in [-0.4, -0.2) is 10.8 Å². The van der Waals surface area contributed by atoms with E-state index in [9.17, 15) is 4.79 Å². The Hall–Kier alpha value is -0.540. The lowest BCUT2D eigenvalue weighted by atomic mass is 9.74. The Morgan fingerprint density at radius 1 is 1.20 bits per heavy atom. The molecule has 0 heterocycles. The van der Waals surface area contributed by atoms with E-state index in [1.165, 1.54) is 0 Å². The van der Waals surface area contributed by atoms with Crippen molar-refractivity contribution in [3.8, 4) is 5.75 Å². The smallest absolute Gasteiger partial charge is 0.211 e. The number of hydrogen-bond donors (Lipinski definition) is 0. The number of carbonyl (C=O) groups is 1. The van der Waals surface area contributed by atoms with Crippen LogP contribution < -0.4 is 4.74 Å². The van der Waals surface area contributed by atoms with Crippen LogP contribution in [0.15, 0.2) is 24.3 Å². The second-order valence-corrected chi connectivity index (χ2v) is 8.14. The number of benzene rings is 1. The molecule has 0 aliphatic heterocycles. The Bertz CT molecular complexity index is 460. The number of alkyl halides is 1. The average molecular weight is 362 g/mol. The summed E-state index contributed by atoms with van der Waals surface area (Å²) in [5.74, 6) is 0.665. The van der Waals surface area contributed by atoms with Crippen LogP contribution in [0, 0.1) is 10.8 Å². The predicted octanol–water partition coefficient (Wildman–Crippen LogP) is 5.47. The summed E-state index contributed by atoms with van der Waals surface area (Å²) in [5, 5.41) is -0.0103. The van der Waals surface area contributed by atoms with E-state index in [-0.39, 0.29) is 11.2 Å². The van der Waals surface area contributed by atoms with Gasteiger partial charge in [-0.2, -0.15) is 0 Å². The number of ketones is 1. The zero-order chi connectivity index (χ0) is 15.6. The van der Waals surface area contributed by atoms with Crippen LogP contribution in [0.4, 0.5) is 0 Å². The molecular weight excluding hydrogens is 340 g/mol. The highest BCUT2D eigenvalue weighted by Gasteiger charge is 2.36. The summed E-state index contributed by atoms with van der Waals surface area (Å²) in [6, 6.07) is 6.98. The van der Waals surface area contributed by atoms with Crippen molar-refractivity contribution >= 4 is 33.3 Å². The van der Waals surface area contributed by atoms with Crippen LogP contribution in [-0.2, 0) is 4.79 Å². The van der Waals surface area contributed by atoms with Gasteiger partial charge in [0, 0.05) is 10.4 Å². The molecule has 4 heteroatoms. The molecule has 0 aliphatic rings. The summed E-state index contributed by atoms with van der Waals surface area (Å²) >= 11 is 9.16. The fourth-order valence-corrected chi connectivity index (χ4v) is 3.37. The van der Waals surface area contributed by atoms with E-state index in [4.69, 9.17) is 16.3 Å². The Labute approximate surface area is 135 Å². The second kappa shape index (κ2) is 6.48. The molecule has 1 unspecified atom stereocenters. The van der Waals surface area contributed by atoms with Crippen LogP contribution >= 0.6 is 27.5 Å². The highest BCUT2D eigenvalue weighted by atomic mass is 79.9. The van der Waals surface area contributed by atoms with E-state index >= 15 is 0 Å². The van der Waals surface area contributed by atoms with Crippen LogP contribution in [0.1, 0.15) is 41.0 Å². The average Bonchev–Trinajstić information content (AvgIpc) is 2.28. The molecule has 1 aromatic carbocycles. The molecular formula is C16H22BrClO2. The number of Topliss-reactive ketones (excluding diaryl/α,β-unsaturated/α-hetero) is 1. The molecule has 1 aromatic rings. The lowest BCUT2D eigenvalue weighted by molar-refractivity contribution is -0.131. The number of carbonyl (C=O) groups excluding carboxylic acids is 1. The van der Waals surface area contributed by atoms with Gasteiger partial charge >= 0.3 is 0 Å². The Kier molecular flexibility index (Phi) is 5.68. The van der Waals surface area contributed by atoms with Crippen molar-refractivity contribution in [1.82, 2.24) is 0 Å². The molecule has 0 saturated carbocycles. The van der Waals surface area contributed by atoms with Crippen LogP contribution in [0.5, 0.6) is 5.75 Å². The van der Waals surface area contributed by atoms with E-state index in [1.807, 2.05) is 13.8 Å². The molecule has 0 saturated heterocycles. The van der Waals surface area contributed by atoms with Crippen molar-refractivity contribution < 1.29 is 9.53 Å². The first-order valence-electron chi connectivity index (χ1n) is 6.62. The normalized spacial score (nSPS) is 13.9. The number of halogens is 2. The van der Waals surface area contributed by atoms with Crippen molar-refractivity contribution in [3.63, 3.8) is 0 Å². The number of ether oxygens (including phenoxy) is 1. The molecule has 20 heavy (non-hydrogen) atoms. The van der Waals surface area contributed by atoms with Crippen molar-refractivity contribution in [2.75, 3.05) is 0 Å². The molecule has 0 aliphatic carbocycles. The van der Waals surface area contributed by atoms with Gasteiger partial charge in [0.15, 0.2) is 5.78 Å². The van der Waals surface area contributed by atoms with Crippen molar-refractivity contribution in [2.45, 2.75) is 46.1 Å². The lowest BCUT2D eigenvalue weighted by Crippen LogP contribution is -2.37. The fourth-order valence-electron chi connectivity index (χ4n) is 2.41.